The topological polar surface area (TPSA) is 84.2 Å². The van der Waals surface area contributed by atoms with Gasteiger partial charge in [-0.1, -0.05) is 54.1 Å². The molecule has 0 bridgehead atoms. The molecule has 34 heavy (non-hydrogen) atoms. The van der Waals surface area contributed by atoms with Crippen LogP contribution in [-0.2, 0) is 0 Å². The predicted octanol–water partition coefficient (Wildman–Crippen LogP) is 7.02. The van der Waals surface area contributed by atoms with Crippen molar-refractivity contribution >= 4 is 57.1 Å². The molecule has 0 atom stereocenters. The zero-order valence-electron chi connectivity index (χ0n) is 18.0. The molecule has 0 saturated carbocycles. The number of aryl methyl sites for hydroxylation is 1. The molecule has 2 N–H and O–H groups in total. The Hall–Kier alpha value is -3.94. The van der Waals surface area contributed by atoms with Gasteiger partial charge in [-0.2, -0.15) is 0 Å². The van der Waals surface area contributed by atoms with Gasteiger partial charge in [-0.15, -0.1) is 11.3 Å². The van der Waals surface area contributed by atoms with Crippen LogP contribution in [0, 0.1) is 6.92 Å². The van der Waals surface area contributed by atoms with E-state index >= 15 is 0 Å². The number of aromatic nitrogens is 1. The molecule has 2 heterocycles. The van der Waals surface area contributed by atoms with E-state index in [1.165, 1.54) is 11.3 Å². The van der Waals surface area contributed by atoms with Gasteiger partial charge in [0.15, 0.2) is 0 Å². The third kappa shape index (κ3) is 4.31. The van der Waals surface area contributed by atoms with E-state index in [1.807, 2.05) is 43.3 Å². The molecule has 168 valence electrons. The van der Waals surface area contributed by atoms with Crippen molar-refractivity contribution in [2.75, 3.05) is 10.6 Å². The molecule has 0 unspecified atom stereocenters. The monoisotopic (exact) mass is 487 g/mol. The third-order valence-corrected chi connectivity index (χ3v) is 6.40. The Bertz CT molecular complexity index is 1510. The molecule has 3 aromatic carbocycles. The molecule has 0 aliphatic heterocycles. The summed E-state index contributed by atoms with van der Waals surface area (Å²) < 4.78 is 5.84. The van der Waals surface area contributed by atoms with Gasteiger partial charge in [-0.25, -0.2) is 4.98 Å². The lowest BCUT2D eigenvalue weighted by molar-refractivity contribution is 0.0999. The van der Waals surface area contributed by atoms with E-state index in [9.17, 15) is 9.59 Å². The summed E-state index contributed by atoms with van der Waals surface area (Å²) >= 11 is 7.37. The zero-order valence-corrected chi connectivity index (χ0v) is 19.5. The Labute approximate surface area is 204 Å². The summed E-state index contributed by atoms with van der Waals surface area (Å²) in [5.41, 5.74) is 2.51. The van der Waals surface area contributed by atoms with E-state index in [0.717, 1.165) is 15.4 Å². The molecule has 2 aromatic heterocycles. The smallest absolute Gasteiger partial charge is 0.293 e. The first-order chi connectivity index (χ1) is 16.5. The first-order valence-corrected chi connectivity index (χ1v) is 11.6. The van der Waals surface area contributed by atoms with Crippen LogP contribution in [-0.4, -0.2) is 16.8 Å². The highest BCUT2D eigenvalue weighted by Gasteiger charge is 2.25. The molecule has 0 fully saturated rings. The largest absolute Gasteiger partial charge is 0.449 e. The number of hydrogen-bond acceptors (Lipinski definition) is 5. The van der Waals surface area contributed by atoms with Crippen LogP contribution in [0.2, 0.25) is 5.02 Å². The average Bonchev–Trinajstić information content (AvgIpc) is 3.42. The highest BCUT2D eigenvalue weighted by molar-refractivity contribution is 7.15. The SMILES string of the molecule is Cc1nc(C(=O)Nc2c(C(=O)Nc3ccc(Cl)cc3)oc3ccccc23)c(-c2ccccc2)s1. The number of furan rings is 1. The highest BCUT2D eigenvalue weighted by Crippen LogP contribution is 2.34. The number of carbonyl (C=O) groups is 2. The molecular weight excluding hydrogens is 470 g/mol. The van der Waals surface area contributed by atoms with Gasteiger partial charge >= 0.3 is 0 Å². The number of nitrogens with zero attached hydrogens (tertiary/aromatic N) is 1. The number of thiazole rings is 1. The van der Waals surface area contributed by atoms with Gasteiger partial charge in [-0.3, -0.25) is 9.59 Å². The summed E-state index contributed by atoms with van der Waals surface area (Å²) in [5.74, 6) is -0.917. The van der Waals surface area contributed by atoms with Gasteiger partial charge in [0.2, 0.25) is 5.76 Å². The molecule has 2 amide bonds. The first kappa shape index (κ1) is 21.9. The maximum Gasteiger partial charge on any atom is 0.293 e. The van der Waals surface area contributed by atoms with E-state index in [1.54, 1.807) is 42.5 Å². The van der Waals surface area contributed by atoms with Crippen molar-refractivity contribution in [3.8, 4) is 10.4 Å². The van der Waals surface area contributed by atoms with E-state index in [0.29, 0.717) is 27.4 Å². The van der Waals surface area contributed by atoms with Gasteiger partial charge in [0.25, 0.3) is 11.8 Å². The first-order valence-electron chi connectivity index (χ1n) is 10.4. The number of nitrogens with one attached hydrogen (secondary N) is 2. The predicted molar refractivity (Wildman–Crippen MR) is 136 cm³/mol. The maximum atomic E-state index is 13.4. The second kappa shape index (κ2) is 9.13. The summed E-state index contributed by atoms with van der Waals surface area (Å²) in [6.07, 6.45) is 0. The number of anilines is 2. The number of carbonyl (C=O) groups excluding carboxylic acids is 2. The van der Waals surface area contributed by atoms with Crippen molar-refractivity contribution in [2.45, 2.75) is 6.92 Å². The molecule has 5 rings (SSSR count). The van der Waals surface area contributed by atoms with Gasteiger partial charge < -0.3 is 15.1 Å². The minimum Gasteiger partial charge on any atom is -0.449 e. The lowest BCUT2D eigenvalue weighted by Crippen LogP contribution is -2.18. The molecule has 0 saturated heterocycles. The van der Waals surface area contributed by atoms with E-state index in [4.69, 9.17) is 16.0 Å². The molecule has 8 heteroatoms. The van der Waals surface area contributed by atoms with Crippen molar-refractivity contribution in [2.24, 2.45) is 0 Å². The van der Waals surface area contributed by atoms with E-state index in [2.05, 4.69) is 15.6 Å². The summed E-state index contributed by atoms with van der Waals surface area (Å²) in [6, 6.07) is 23.5. The van der Waals surface area contributed by atoms with Crippen LogP contribution in [0.25, 0.3) is 21.4 Å². The summed E-state index contributed by atoms with van der Waals surface area (Å²) in [4.78, 5) is 31.7. The third-order valence-electron chi connectivity index (χ3n) is 5.13. The van der Waals surface area contributed by atoms with Gasteiger partial charge in [0, 0.05) is 16.1 Å². The van der Waals surface area contributed by atoms with Crippen LogP contribution in [0.4, 0.5) is 11.4 Å². The van der Waals surface area contributed by atoms with Crippen molar-refractivity contribution in [3.63, 3.8) is 0 Å². The molecule has 0 spiro atoms. The number of rotatable bonds is 5. The fraction of sp³-hybridized carbons (Fsp3) is 0.0385. The van der Waals surface area contributed by atoms with E-state index in [-0.39, 0.29) is 11.4 Å². The minimum atomic E-state index is -0.494. The number of halogens is 1. The normalized spacial score (nSPS) is 10.9. The highest BCUT2D eigenvalue weighted by atomic mass is 35.5. The molecule has 0 radical (unpaired) electrons. The number of fused-ring (bicyclic) bond motifs is 1. The van der Waals surface area contributed by atoms with Crippen LogP contribution >= 0.6 is 22.9 Å². The fourth-order valence-electron chi connectivity index (χ4n) is 3.59. The average molecular weight is 488 g/mol. The second-order valence-electron chi connectivity index (χ2n) is 7.49. The number of benzene rings is 3. The lowest BCUT2D eigenvalue weighted by Gasteiger charge is -2.08. The van der Waals surface area contributed by atoms with Crippen molar-refractivity contribution in [1.29, 1.82) is 0 Å². The Morgan fingerprint density at radius 1 is 0.882 bits per heavy atom. The van der Waals surface area contributed by atoms with Crippen molar-refractivity contribution in [3.05, 3.63) is 100 Å². The number of para-hydroxylation sites is 1. The van der Waals surface area contributed by atoms with Crippen molar-refractivity contribution < 1.29 is 14.0 Å². The summed E-state index contributed by atoms with van der Waals surface area (Å²) in [5, 5.41) is 7.60. The molecular formula is C26H18ClN3O3S. The fourth-order valence-corrected chi connectivity index (χ4v) is 4.64. The van der Waals surface area contributed by atoms with Crippen LogP contribution in [0.5, 0.6) is 0 Å². The quantitative estimate of drug-likeness (QED) is 0.279. The van der Waals surface area contributed by atoms with Gasteiger partial charge in [0.05, 0.1) is 9.88 Å². The number of hydrogen-bond donors (Lipinski definition) is 2. The molecule has 0 aliphatic rings. The molecule has 5 aromatic rings. The minimum absolute atomic E-state index is 0.00212. The van der Waals surface area contributed by atoms with Crippen LogP contribution in [0.1, 0.15) is 26.1 Å². The second-order valence-corrected chi connectivity index (χ2v) is 9.13. The maximum absolute atomic E-state index is 13.4. The van der Waals surface area contributed by atoms with Gasteiger partial charge in [-0.05, 0) is 48.9 Å². The van der Waals surface area contributed by atoms with Crippen LogP contribution in [0.15, 0.2) is 83.3 Å². The Balaban J connectivity index is 1.51. The van der Waals surface area contributed by atoms with Crippen molar-refractivity contribution in [1.82, 2.24) is 4.98 Å². The van der Waals surface area contributed by atoms with Crippen LogP contribution < -0.4 is 10.6 Å². The van der Waals surface area contributed by atoms with Crippen LogP contribution in [0.3, 0.4) is 0 Å². The summed E-state index contributed by atoms with van der Waals surface area (Å²) in [7, 11) is 0. The summed E-state index contributed by atoms with van der Waals surface area (Å²) in [6.45, 7) is 1.85. The Morgan fingerprint density at radius 2 is 1.59 bits per heavy atom. The lowest BCUT2D eigenvalue weighted by atomic mass is 10.1. The van der Waals surface area contributed by atoms with Gasteiger partial charge in [0.1, 0.15) is 17.0 Å². The number of amides is 2. The molecule has 6 nitrogen and oxygen atoms in total. The standard InChI is InChI=1S/C26H18ClN3O3S/c1-15-28-22(24(34-15)16-7-3-2-4-8-16)25(31)30-21-19-9-5-6-10-20(19)33-23(21)26(32)29-18-13-11-17(27)12-14-18/h2-14H,1H3,(H,29,32)(H,30,31). The van der Waals surface area contributed by atoms with E-state index < -0.39 is 11.8 Å². The Kier molecular flexibility index (Phi) is 5.88. The molecule has 0 aliphatic carbocycles. The zero-order chi connectivity index (χ0) is 23.7. The Morgan fingerprint density at radius 3 is 2.35 bits per heavy atom.